The number of nitrogens with zero attached hydrogens (tertiary/aromatic N) is 3. The number of carbonyl (C=O) groups excluding carboxylic acids is 4. The summed E-state index contributed by atoms with van der Waals surface area (Å²) in [5.41, 5.74) is 5.17. The van der Waals surface area contributed by atoms with E-state index >= 15 is 0 Å². The maximum absolute atomic E-state index is 13.8. The molecule has 0 aliphatic carbocycles. The van der Waals surface area contributed by atoms with E-state index in [2.05, 4.69) is 20.9 Å². The molecule has 3 heterocycles. The molecule has 5 amide bonds. The number of benzene rings is 4. The van der Waals surface area contributed by atoms with Gasteiger partial charge in [-0.2, -0.15) is 0 Å². The lowest BCUT2D eigenvalue weighted by Crippen LogP contribution is -2.48. The molecule has 0 radical (unpaired) electrons. The predicted octanol–water partition coefficient (Wildman–Crippen LogP) is 6.01. The van der Waals surface area contributed by atoms with Gasteiger partial charge in [0.1, 0.15) is 24.2 Å². The van der Waals surface area contributed by atoms with Crippen LogP contribution in [0.4, 0.5) is 16.2 Å². The minimum atomic E-state index is -1.33. The lowest BCUT2D eigenvalue weighted by atomic mass is 10.0. The maximum atomic E-state index is 13.8. The molecular formula is C43H45N7O6. The van der Waals surface area contributed by atoms with E-state index < -0.39 is 36.2 Å². The second kappa shape index (κ2) is 16.5. The number of nitrogens with one attached hydrogen (secondary N) is 4. The zero-order valence-corrected chi connectivity index (χ0v) is 31.3. The van der Waals surface area contributed by atoms with E-state index in [1.807, 2.05) is 85.7 Å². The third kappa shape index (κ3) is 8.13. The van der Waals surface area contributed by atoms with Crippen LogP contribution in [0.1, 0.15) is 48.9 Å². The van der Waals surface area contributed by atoms with Gasteiger partial charge in [0.2, 0.25) is 17.7 Å². The van der Waals surface area contributed by atoms with Crippen LogP contribution in [0.25, 0.3) is 22.2 Å². The number of amides is 5. The monoisotopic (exact) mass is 755 g/mol. The Morgan fingerprint density at radius 1 is 0.696 bits per heavy atom. The summed E-state index contributed by atoms with van der Waals surface area (Å²) in [6.07, 6.45) is 1.10. The van der Waals surface area contributed by atoms with E-state index in [1.54, 1.807) is 47.4 Å². The van der Waals surface area contributed by atoms with Gasteiger partial charge >= 0.3 is 6.09 Å². The van der Waals surface area contributed by atoms with Gasteiger partial charge in [0.05, 0.1) is 0 Å². The van der Waals surface area contributed by atoms with E-state index in [1.165, 1.54) is 4.90 Å². The van der Waals surface area contributed by atoms with Crippen molar-refractivity contribution < 1.29 is 29.1 Å². The zero-order chi connectivity index (χ0) is 39.3. The molecule has 0 saturated carbocycles. The van der Waals surface area contributed by atoms with E-state index in [0.717, 1.165) is 34.1 Å². The van der Waals surface area contributed by atoms with Crippen molar-refractivity contribution in [2.75, 3.05) is 37.8 Å². The number of fused-ring (bicyclic) bond motifs is 1. The molecule has 2 fully saturated rings. The van der Waals surface area contributed by atoms with E-state index in [9.17, 15) is 29.1 Å². The molecular weight excluding hydrogens is 711 g/mol. The summed E-state index contributed by atoms with van der Waals surface area (Å²) in [6.45, 7) is 0.869. The first-order chi connectivity index (χ1) is 27.1. The maximum Gasteiger partial charge on any atom is 0.405 e. The molecule has 13 heteroatoms. The van der Waals surface area contributed by atoms with E-state index in [-0.39, 0.29) is 17.7 Å². The molecule has 13 nitrogen and oxygen atoms in total. The van der Waals surface area contributed by atoms with Crippen LogP contribution in [0, 0.1) is 0 Å². The van der Waals surface area contributed by atoms with Gasteiger partial charge < -0.3 is 35.8 Å². The first kappa shape index (κ1) is 37.8. The molecule has 1 aromatic heterocycles. The smallest absolute Gasteiger partial charge is 0.405 e. The molecule has 0 bridgehead atoms. The van der Waals surface area contributed by atoms with Crippen molar-refractivity contribution in [3.05, 3.63) is 120 Å². The minimum absolute atomic E-state index is 0.0896. The lowest BCUT2D eigenvalue weighted by molar-refractivity contribution is -0.140. The fourth-order valence-electron chi connectivity index (χ4n) is 7.83. The van der Waals surface area contributed by atoms with Gasteiger partial charge in [0.25, 0.3) is 5.91 Å². The zero-order valence-electron chi connectivity index (χ0n) is 31.3. The molecule has 56 heavy (non-hydrogen) atoms. The number of anilines is 2. The summed E-state index contributed by atoms with van der Waals surface area (Å²) < 4.78 is 0. The molecule has 1 unspecified atom stereocenters. The van der Waals surface area contributed by atoms with Crippen molar-refractivity contribution in [1.29, 1.82) is 0 Å². The third-order valence-corrected chi connectivity index (χ3v) is 10.5. The second-order valence-corrected chi connectivity index (χ2v) is 14.5. The Hall–Kier alpha value is -6.47. The Kier molecular flexibility index (Phi) is 11.1. The van der Waals surface area contributed by atoms with Crippen molar-refractivity contribution >= 4 is 52.0 Å². The molecule has 4 aromatic carbocycles. The number of carbonyl (C=O) groups is 5. The van der Waals surface area contributed by atoms with Gasteiger partial charge in [0, 0.05) is 41.1 Å². The number of hydrogen-bond acceptors (Lipinski definition) is 6. The number of likely N-dealkylation sites (tertiary alicyclic amines) is 2. The van der Waals surface area contributed by atoms with Crippen LogP contribution in [0.3, 0.4) is 0 Å². The fourth-order valence-corrected chi connectivity index (χ4v) is 7.83. The minimum Gasteiger partial charge on any atom is -0.465 e. The van der Waals surface area contributed by atoms with Gasteiger partial charge in [-0.15, -0.1) is 0 Å². The standard InChI is InChI=1S/C43H45N7O6/c1-48(2)38(29-13-7-4-8-14-29)42(54)50-24-10-16-36(50)40(52)45-32-21-22-33-30(25-32)26-34(46-33)27-17-19-31(20-18-27)44-39(51)35-15-9-23-49(35)41(53)37(47-43(55)56)28-11-5-3-6-12-28/h3-8,11-14,17-22,25-26,35-38,46-47H,9-10,15-16,23-24H2,1-2H3,(H,44,51)(H,45,52)(H,55,56)/t35-,36?,37+,38-/m0/s1. The quantitative estimate of drug-likeness (QED) is 0.110. The second-order valence-electron chi connectivity index (χ2n) is 14.5. The van der Waals surface area contributed by atoms with Gasteiger partial charge in [-0.3, -0.25) is 24.1 Å². The van der Waals surface area contributed by atoms with Gasteiger partial charge in [0.15, 0.2) is 0 Å². The number of aromatic nitrogens is 1. The Labute approximate surface area is 324 Å². The van der Waals surface area contributed by atoms with Crippen molar-refractivity contribution in [3.8, 4) is 11.3 Å². The highest BCUT2D eigenvalue weighted by atomic mass is 16.4. The number of rotatable bonds is 11. The number of likely N-dealkylation sites (N-methyl/N-ethyl adjacent to an activating group) is 1. The van der Waals surface area contributed by atoms with Gasteiger partial charge in [-0.05, 0) is 92.9 Å². The van der Waals surface area contributed by atoms with Crippen LogP contribution < -0.4 is 16.0 Å². The third-order valence-electron chi connectivity index (χ3n) is 10.5. The van der Waals surface area contributed by atoms with Crippen LogP contribution >= 0.6 is 0 Å². The molecule has 0 spiro atoms. The first-order valence-electron chi connectivity index (χ1n) is 18.8. The Bertz CT molecular complexity index is 2220. The van der Waals surface area contributed by atoms with E-state index in [4.69, 9.17) is 0 Å². The average Bonchev–Trinajstić information content (AvgIpc) is 3.98. The average molecular weight is 756 g/mol. The van der Waals surface area contributed by atoms with Crippen LogP contribution in [-0.2, 0) is 19.2 Å². The predicted molar refractivity (Wildman–Crippen MR) is 214 cm³/mol. The molecule has 2 aliphatic heterocycles. The fraction of sp³-hybridized carbons (Fsp3) is 0.279. The van der Waals surface area contributed by atoms with Crippen molar-refractivity contribution in [3.63, 3.8) is 0 Å². The number of hydrogen-bond donors (Lipinski definition) is 5. The van der Waals surface area contributed by atoms with E-state index in [0.29, 0.717) is 49.3 Å². The summed E-state index contributed by atoms with van der Waals surface area (Å²) in [4.78, 5) is 74.4. The highest BCUT2D eigenvalue weighted by Gasteiger charge is 2.40. The van der Waals surface area contributed by atoms with Crippen molar-refractivity contribution in [2.45, 2.75) is 49.9 Å². The van der Waals surface area contributed by atoms with Crippen LogP contribution in [0.15, 0.2) is 109 Å². The highest BCUT2D eigenvalue weighted by Crippen LogP contribution is 2.31. The largest absolute Gasteiger partial charge is 0.465 e. The molecule has 2 aliphatic rings. The topological polar surface area (TPSA) is 167 Å². The summed E-state index contributed by atoms with van der Waals surface area (Å²) in [5, 5.41) is 18.6. The Balaban J connectivity index is 0.991. The molecule has 7 rings (SSSR count). The lowest BCUT2D eigenvalue weighted by Gasteiger charge is -2.31. The van der Waals surface area contributed by atoms with Crippen LogP contribution in [-0.4, -0.2) is 93.8 Å². The first-order valence-corrected chi connectivity index (χ1v) is 18.8. The number of carboxylic acid groups (broad SMARTS) is 1. The number of H-pyrrole nitrogens is 1. The van der Waals surface area contributed by atoms with Gasteiger partial charge in [-0.25, -0.2) is 4.79 Å². The Morgan fingerprint density at radius 2 is 1.25 bits per heavy atom. The van der Waals surface area contributed by atoms with Gasteiger partial charge in [-0.1, -0.05) is 72.8 Å². The molecule has 5 aromatic rings. The summed E-state index contributed by atoms with van der Waals surface area (Å²) >= 11 is 0. The highest BCUT2D eigenvalue weighted by molar-refractivity contribution is 6.01. The summed E-state index contributed by atoms with van der Waals surface area (Å²) in [5.74, 6) is -1.12. The molecule has 2 saturated heterocycles. The Morgan fingerprint density at radius 3 is 1.84 bits per heavy atom. The van der Waals surface area contributed by atoms with Crippen LogP contribution in [0.5, 0.6) is 0 Å². The molecule has 4 atom stereocenters. The normalized spacial score (nSPS) is 17.8. The van der Waals surface area contributed by atoms with Crippen LogP contribution in [0.2, 0.25) is 0 Å². The number of aromatic amines is 1. The summed E-state index contributed by atoms with van der Waals surface area (Å²) in [7, 11) is 3.74. The summed E-state index contributed by atoms with van der Waals surface area (Å²) in [6, 6.07) is 30.3. The van der Waals surface area contributed by atoms with Crippen molar-refractivity contribution in [2.24, 2.45) is 0 Å². The molecule has 288 valence electrons. The molecule has 5 N–H and O–H groups in total. The SMILES string of the molecule is CN(C)[C@H](C(=O)N1CCCC1C(=O)Nc1ccc2[nH]c(-c3ccc(NC(=O)[C@@H]4CCCN4C(=O)[C@H](NC(=O)O)c4ccccc4)cc3)cc2c1)c1ccccc1. The van der Waals surface area contributed by atoms with Crippen molar-refractivity contribution in [1.82, 2.24) is 25.0 Å².